The van der Waals surface area contributed by atoms with Crippen LogP contribution in [0, 0.1) is 0 Å². The molecule has 122 valence electrons. The van der Waals surface area contributed by atoms with Crippen molar-refractivity contribution in [3.8, 4) is 0 Å². The number of hydrogen-bond acceptors (Lipinski definition) is 4. The van der Waals surface area contributed by atoms with E-state index >= 15 is 0 Å². The van der Waals surface area contributed by atoms with Gasteiger partial charge in [-0.15, -0.1) is 0 Å². The highest BCUT2D eigenvalue weighted by Crippen LogP contribution is 2.21. The van der Waals surface area contributed by atoms with E-state index < -0.39 is 10.2 Å². The molecule has 3 fully saturated rings. The lowest BCUT2D eigenvalue weighted by molar-refractivity contribution is 0.0223. The van der Waals surface area contributed by atoms with Crippen molar-refractivity contribution in [3.63, 3.8) is 0 Å². The van der Waals surface area contributed by atoms with Crippen LogP contribution in [0.3, 0.4) is 0 Å². The molecule has 0 unspecified atom stereocenters. The van der Waals surface area contributed by atoms with Gasteiger partial charge in [0.1, 0.15) is 0 Å². The van der Waals surface area contributed by atoms with Gasteiger partial charge in [-0.3, -0.25) is 4.90 Å². The maximum atomic E-state index is 12.6. The Balaban J connectivity index is 1.54. The predicted molar refractivity (Wildman–Crippen MR) is 81.3 cm³/mol. The monoisotopic (exact) mass is 317 g/mol. The predicted octanol–water partition coefficient (Wildman–Crippen LogP) is 0.514. The van der Waals surface area contributed by atoms with Crippen LogP contribution < -0.4 is 0 Å². The van der Waals surface area contributed by atoms with Crippen LogP contribution in [0.2, 0.25) is 0 Å². The number of piperidine rings is 1. The number of hydrogen-bond donors (Lipinski definition) is 0. The molecule has 21 heavy (non-hydrogen) atoms. The zero-order chi connectivity index (χ0) is 14.7. The standard InChI is InChI=1S/C14H27N3O3S/c18-21(19,16-6-2-1-3-7-16)17-10-8-15(9-11-17)14-4-12-20-13-5-14/h14H,1-13H2. The van der Waals surface area contributed by atoms with Crippen LogP contribution in [0.25, 0.3) is 0 Å². The third kappa shape index (κ3) is 3.59. The number of ether oxygens (including phenoxy) is 1. The highest BCUT2D eigenvalue weighted by Gasteiger charge is 2.34. The average molecular weight is 317 g/mol. The molecule has 0 aromatic heterocycles. The fourth-order valence-corrected chi connectivity index (χ4v) is 5.28. The molecule has 0 spiro atoms. The smallest absolute Gasteiger partial charge is 0.282 e. The van der Waals surface area contributed by atoms with Gasteiger partial charge in [0.25, 0.3) is 10.2 Å². The molecule has 3 saturated heterocycles. The van der Waals surface area contributed by atoms with Crippen LogP contribution in [-0.4, -0.2) is 80.5 Å². The Morgan fingerprint density at radius 2 is 1.33 bits per heavy atom. The number of rotatable bonds is 3. The Morgan fingerprint density at radius 1 is 0.762 bits per heavy atom. The van der Waals surface area contributed by atoms with Crippen molar-refractivity contribution in [2.24, 2.45) is 0 Å². The molecule has 0 atom stereocenters. The van der Waals surface area contributed by atoms with Gasteiger partial charge in [-0.1, -0.05) is 6.42 Å². The Bertz CT molecular complexity index is 423. The van der Waals surface area contributed by atoms with Crippen LogP contribution in [0.5, 0.6) is 0 Å². The van der Waals surface area contributed by atoms with Gasteiger partial charge in [-0.25, -0.2) is 0 Å². The van der Waals surface area contributed by atoms with Gasteiger partial charge in [0.15, 0.2) is 0 Å². The van der Waals surface area contributed by atoms with Gasteiger partial charge in [0.05, 0.1) is 0 Å². The first-order valence-electron chi connectivity index (χ1n) is 8.25. The molecule has 6 nitrogen and oxygen atoms in total. The molecule has 0 aliphatic carbocycles. The third-order valence-electron chi connectivity index (χ3n) is 4.95. The van der Waals surface area contributed by atoms with Crippen molar-refractivity contribution in [3.05, 3.63) is 0 Å². The van der Waals surface area contributed by atoms with Crippen molar-refractivity contribution in [2.45, 2.75) is 38.1 Å². The second-order valence-corrected chi connectivity index (χ2v) is 8.17. The van der Waals surface area contributed by atoms with Crippen molar-refractivity contribution in [1.82, 2.24) is 13.5 Å². The van der Waals surface area contributed by atoms with Crippen LogP contribution in [-0.2, 0) is 14.9 Å². The van der Waals surface area contributed by atoms with Crippen molar-refractivity contribution < 1.29 is 13.2 Å². The second kappa shape index (κ2) is 6.91. The van der Waals surface area contributed by atoms with E-state index in [2.05, 4.69) is 4.90 Å². The molecule has 0 N–H and O–H groups in total. The maximum Gasteiger partial charge on any atom is 0.282 e. The number of piperazine rings is 1. The molecule has 0 aromatic rings. The van der Waals surface area contributed by atoms with Gasteiger partial charge in [0, 0.05) is 58.5 Å². The van der Waals surface area contributed by atoms with Crippen LogP contribution >= 0.6 is 0 Å². The Labute approximate surface area is 128 Å². The van der Waals surface area contributed by atoms with Crippen molar-refractivity contribution in [1.29, 1.82) is 0 Å². The summed E-state index contributed by atoms with van der Waals surface area (Å²) in [6, 6.07) is 0.582. The van der Waals surface area contributed by atoms with Gasteiger partial charge < -0.3 is 4.74 Å². The quantitative estimate of drug-likeness (QED) is 0.761. The highest BCUT2D eigenvalue weighted by atomic mass is 32.2. The van der Waals surface area contributed by atoms with Gasteiger partial charge in [-0.05, 0) is 25.7 Å². The molecule has 7 heteroatoms. The summed E-state index contributed by atoms with van der Waals surface area (Å²) in [5, 5.41) is 0. The molecule has 3 aliphatic heterocycles. The normalized spacial score (nSPS) is 28.8. The summed E-state index contributed by atoms with van der Waals surface area (Å²) in [4.78, 5) is 2.45. The summed E-state index contributed by atoms with van der Waals surface area (Å²) in [5.41, 5.74) is 0. The molecule has 3 heterocycles. The third-order valence-corrected chi connectivity index (χ3v) is 6.98. The summed E-state index contributed by atoms with van der Waals surface area (Å²) in [6.45, 7) is 6.07. The lowest BCUT2D eigenvalue weighted by atomic mass is 10.1. The summed E-state index contributed by atoms with van der Waals surface area (Å²) < 4.78 is 34.0. The fraction of sp³-hybridized carbons (Fsp3) is 1.00. The molecule has 0 amide bonds. The first kappa shape index (κ1) is 15.7. The first-order chi connectivity index (χ1) is 10.2. The summed E-state index contributed by atoms with van der Waals surface area (Å²) in [6.07, 6.45) is 5.32. The van der Waals surface area contributed by atoms with Crippen molar-refractivity contribution in [2.75, 3.05) is 52.5 Å². The minimum atomic E-state index is -3.22. The molecular formula is C14H27N3O3S. The summed E-state index contributed by atoms with van der Waals surface area (Å²) in [7, 11) is -3.22. The van der Waals surface area contributed by atoms with E-state index in [1.807, 2.05) is 0 Å². The Morgan fingerprint density at radius 3 is 1.95 bits per heavy atom. The zero-order valence-electron chi connectivity index (χ0n) is 12.7. The lowest BCUT2D eigenvalue weighted by Gasteiger charge is -2.41. The summed E-state index contributed by atoms with van der Waals surface area (Å²) >= 11 is 0. The van der Waals surface area contributed by atoms with Gasteiger partial charge in [0.2, 0.25) is 0 Å². The largest absolute Gasteiger partial charge is 0.381 e. The van der Waals surface area contributed by atoms with E-state index in [4.69, 9.17) is 4.74 Å². The molecular weight excluding hydrogens is 290 g/mol. The molecule has 0 bridgehead atoms. The first-order valence-corrected chi connectivity index (χ1v) is 9.64. The molecule has 3 rings (SSSR count). The van der Waals surface area contributed by atoms with E-state index in [9.17, 15) is 8.42 Å². The van der Waals surface area contributed by atoms with Gasteiger partial charge >= 0.3 is 0 Å². The second-order valence-electron chi connectivity index (χ2n) is 6.25. The molecule has 0 radical (unpaired) electrons. The minimum Gasteiger partial charge on any atom is -0.381 e. The summed E-state index contributed by atoms with van der Waals surface area (Å²) in [5.74, 6) is 0. The van der Waals surface area contributed by atoms with E-state index in [1.54, 1.807) is 8.61 Å². The van der Waals surface area contributed by atoms with Crippen LogP contribution in [0.1, 0.15) is 32.1 Å². The fourth-order valence-electron chi connectivity index (χ4n) is 3.61. The highest BCUT2D eigenvalue weighted by molar-refractivity contribution is 7.86. The Hall–Kier alpha value is -0.210. The van der Waals surface area contributed by atoms with Gasteiger partial charge in [-0.2, -0.15) is 17.0 Å². The maximum absolute atomic E-state index is 12.6. The minimum absolute atomic E-state index is 0.582. The SMILES string of the molecule is O=S(=O)(N1CCCCC1)N1CCN(C2CCOCC2)CC1. The van der Waals surface area contributed by atoms with E-state index in [0.717, 1.165) is 58.4 Å². The van der Waals surface area contributed by atoms with E-state index in [-0.39, 0.29) is 0 Å². The molecule has 0 saturated carbocycles. The average Bonchev–Trinajstić information content (AvgIpc) is 2.57. The topological polar surface area (TPSA) is 53.1 Å². The van der Waals surface area contributed by atoms with E-state index in [0.29, 0.717) is 32.2 Å². The Kier molecular flexibility index (Phi) is 5.16. The van der Waals surface area contributed by atoms with Crippen LogP contribution in [0.15, 0.2) is 0 Å². The zero-order valence-corrected chi connectivity index (χ0v) is 13.6. The van der Waals surface area contributed by atoms with Crippen LogP contribution in [0.4, 0.5) is 0 Å². The van der Waals surface area contributed by atoms with Crippen molar-refractivity contribution >= 4 is 10.2 Å². The van der Waals surface area contributed by atoms with E-state index in [1.165, 1.54) is 0 Å². The lowest BCUT2D eigenvalue weighted by Crippen LogP contribution is -2.56. The molecule has 0 aromatic carbocycles. The molecule has 3 aliphatic rings. The number of nitrogens with zero attached hydrogens (tertiary/aromatic N) is 3.